The largest absolute Gasteiger partial charge is 0.494 e. The molecule has 3 aromatic rings. The van der Waals surface area contributed by atoms with E-state index in [1.54, 1.807) is 0 Å². The van der Waals surface area contributed by atoms with Crippen molar-refractivity contribution in [3.05, 3.63) is 77.9 Å². The highest BCUT2D eigenvalue weighted by molar-refractivity contribution is 7.80. The molecule has 0 saturated heterocycles. The highest BCUT2D eigenvalue weighted by Crippen LogP contribution is 2.38. The van der Waals surface area contributed by atoms with E-state index in [1.807, 2.05) is 66.7 Å². The van der Waals surface area contributed by atoms with E-state index in [0.29, 0.717) is 23.7 Å². The second-order valence-corrected chi connectivity index (χ2v) is 6.88. The number of ether oxygens (including phenoxy) is 2. The maximum Gasteiger partial charge on any atom is 0.194 e. The molecule has 27 heavy (non-hydrogen) atoms. The van der Waals surface area contributed by atoms with Crippen molar-refractivity contribution in [2.45, 2.75) is 12.8 Å². The Morgan fingerprint density at radius 2 is 1.37 bits per heavy atom. The van der Waals surface area contributed by atoms with Crippen LogP contribution in [0.4, 0.5) is 0 Å². The highest BCUT2D eigenvalue weighted by Gasteiger charge is 2.26. The topological polar surface area (TPSA) is 35.5 Å². The Labute approximate surface area is 164 Å². The molecule has 0 spiro atoms. The summed E-state index contributed by atoms with van der Waals surface area (Å²) < 4.78 is 11.6. The lowest BCUT2D eigenvalue weighted by atomic mass is 10.1. The Balaban J connectivity index is 1.46. The van der Waals surface area contributed by atoms with Gasteiger partial charge in [-0.25, -0.2) is 0 Å². The lowest BCUT2D eigenvalue weighted by molar-refractivity contribution is 0.104. The van der Waals surface area contributed by atoms with Gasteiger partial charge in [0, 0.05) is 11.1 Å². The fourth-order valence-corrected chi connectivity index (χ4v) is 3.44. The summed E-state index contributed by atoms with van der Waals surface area (Å²) in [6.07, 6.45) is 2.04. The molecule has 0 radical (unpaired) electrons. The molecule has 0 N–H and O–H groups in total. The summed E-state index contributed by atoms with van der Waals surface area (Å²) in [5, 5.41) is 0. The fraction of sp³-hybridized carbons (Fsp3) is 0.174. The zero-order valence-corrected chi connectivity index (χ0v) is 15.7. The molecule has 0 amide bonds. The number of thiol groups is 1. The van der Waals surface area contributed by atoms with Gasteiger partial charge in [-0.15, -0.1) is 0 Å². The maximum atomic E-state index is 12.6. The van der Waals surface area contributed by atoms with E-state index in [0.717, 1.165) is 41.0 Å². The first kappa shape index (κ1) is 17.7. The van der Waals surface area contributed by atoms with Crippen LogP contribution in [0.2, 0.25) is 0 Å². The van der Waals surface area contributed by atoms with Gasteiger partial charge >= 0.3 is 0 Å². The second kappa shape index (κ2) is 7.89. The van der Waals surface area contributed by atoms with Gasteiger partial charge in [0.1, 0.15) is 17.2 Å². The van der Waals surface area contributed by atoms with Gasteiger partial charge in [-0.2, -0.15) is 12.6 Å². The second-order valence-electron chi connectivity index (χ2n) is 6.43. The van der Waals surface area contributed by atoms with Crippen LogP contribution >= 0.6 is 12.6 Å². The molecule has 0 bridgehead atoms. The maximum absolute atomic E-state index is 12.6. The van der Waals surface area contributed by atoms with Gasteiger partial charge in [0.15, 0.2) is 5.78 Å². The van der Waals surface area contributed by atoms with E-state index in [4.69, 9.17) is 9.47 Å². The summed E-state index contributed by atoms with van der Waals surface area (Å²) in [5.41, 5.74) is 3.40. The Morgan fingerprint density at radius 1 is 0.704 bits per heavy atom. The zero-order chi connectivity index (χ0) is 18.6. The number of carbonyl (C=O) groups excluding carboxylic acids is 1. The van der Waals surface area contributed by atoms with Crippen LogP contribution in [0.15, 0.2) is 66.7 Å². The Bertz CT molecular complexity index is 964. The van der Waals surface area contributed by atoms with Gasteiger partial charge in [0.25, 0.3) is 0 Å². The number of hydrogen-bond donors (Lipinski definition) is 1. The minimum Gasteiger partial charge on any atom is -0.494 e. The van der Waals surface area contributed by atoms with Crippen LogP contribution in [-0.4, -0.2) is 18.1 Å². The van der Waals surface area contributed by atoms with E-state index in [-0.39, 0.29) is 5.78 Å². The summed E-state index contributed by atoms with van der Waals surface area (Å²) in [6.45, 7) is 0.689. The van der Waals surface area contributed by atoms with E-state index in [2.05, 4.69) is 12.6 Å². The number of rotatable bonds is 7. The normalized spacial score (nSPS) is 11.8. The van der Waals surface area contributed by atoms with Crippen molar-refractivity contribution in [2.75, 3.05) is 12.4 Å². The monoisotopic (exact) mass is 376 g/mol. The molecule has 0 fully saturated rings. The van der Waals surface area contributed by atoms with E-state index < -0.39 is 0 Å². The van der Waals surface area contributed by atoms with Crippen LogP contribution in [0.5, 0.6) is 17.2 Å². The average molecular weight is 376 g/mol. The van der Waals surface area contributed by atoms with Crippen molar-refractivity contribution >= 4 is 18.4 Å². The summed E-state index contributed by atoms with van der Waals surface area (Å²) in [4.78, 5) is 12.6. The van der Waals surface area contributed by atoms with Gasteiger partial charge in [-0.3, -0.25) is 4.79 Å². The number of ketones is 1. The van der Waals surface area contributed by atoms with Crippen LogP contribution in [0.1, 0.15) is 28.8 Å². The molecule has 1 aliphatic rings. The molecule has 0 unspecified atom stereocenters. The van der Waals surface area contributed by atoms with Crippen LogP contribution in [0.25, 0.3) is 11.1 Å². The van der Waals surface area contributed by atoms with Crippen molar-refractivity contribution in [3.8, 4) is 28.4 Å². The third-order valence-electron chi connectivity index (χ3n) is 4.58. The fourth-order valence-electron chi connectivity index (χ4n) is 3.21. The quantitative estimate of drug-likeness (QED) is 0.328. The van der Waals surface area contributed by atoms with Crippen molar-refractivity contribution < 1.29 is 14.3 Å². The van der Waals surface area contributed by atoms with E-state index >= 15 is 0 Å². The molecule has 0 aromatic heterocycles. The third kappa shape index (κ3) is 3.71. The molecule has 1 aliphatic carbocycles. The number of unbranched alkanes of at least 4 members (excludes halogenated alkanes) is 1. The van der Waals surface area contributed by atoms with Gasteiger partial charge in [0.05, 0.1) is 6.61 Å². The van der Waals surface area contributed by atoms with Crippen molar-refractivity contribution in [3.63, 3.8) is 0 Å². The molecule has 0 aliphatic heterocycles. The molecular weight excluding hydrogens is 356 g/mol. The number of benzene rings is 3. The molecule has 0 atom stereocenters. The van der Waals surface area contributed by atoms with Crippen LogP contribution in [0.3, 0.4) is 0 Å². The van der Waals surface area contributed by atoms with Crippen LogP contribution in [-0.2, 0) is 0 Å². The molecule has 0 heterocycles. The standard InChI is InChI=1S/C23H20O3S/c24-23-21-6-2-1-5-19(21)20-12-11-18(15-22(20)23)26-17-9-7-16(8-10-17)25-13-3-4-14-27/h1-2,5-12,15,27H,3-4,13-14H2. The number of fused-ring (bicyclic) bond motifs is 3. The summed E-state index contributed by atoms with van der Waals surface area (Å²) in [6, 6.07) is 20.9. The minimum absolute atomic E-state index is 0.0519. The predicted octanol–water partition coefficient (Wildman–Crippen LogP) is 5.78. The molecule has 4 heteroatoms. The van der Waals surface area contributed by atoms with Crippen LogP contribution in [0, 0.1) is 0 Å². The first-order valence-corrected chi connectivity index (χ1v) is 9.69. The Hall–Kier alpha value is -2.72. The zero-order valence-electron chi connectivity index (χ0n) is 14.9. The highest BCUT2D eigenvalue weighted by atomic mass is 32.1. The minimum atomic E-state index is 0.0519. The van der Waals surface area contributed by atoms with Gasteiger partial charge < -0.3 is 9.47 Å². The first-order valence-electron chi connectivity index (χ1n) is 9.06. The average Bonchev–Trinajstić information content (AvgIpc) is 2.99. The summed E-state index contributed by atoms with van der Waals surface area (Å²) >= 11 is 4.19. The van der Waals surface area contributed by atoms with Crippen molar-refractivity contribution in [1.82, 2.24) is 0 Å². The Kier molecular flexibility index (Phi) is 5.16. The number of hydrogen-bond acceptors (Lipinski definition) is 4. The third-order valence-corrected chi connectivity index (χ3v) is 4.89. The molecule has 136 valence electrons. The van der Waals surface area contributed by atoms with E-state index in [9.17, 15) is 4.79 Å². The smallest absolute Gasteiger partial charge is 0.194 e. The van der Waals surface area contributed by atoms with Gasteiger partial charge in [-0.1, -0.05) is 24.3 Å². The molecule has 4 rings (SSSR count). The van der Waals surface area contributed by atoms with Gasteiger partial charge in [-0.05, 0) is 72.2 Å². The molecular formula is C23H20O3S. The summed E-state index contributed by atoms with van der Waals surface area (Å²) in [7, 11) is 0. The molecule has 3 aromatic carbocycles. The molecule has 0 saturated carbocycles. The SMILES string of the molecule is O=C1c2ccccc2-c2ccc(Oc3ccc(OCCCCS)cc3)cc21. The Morgan fingerprint density at radius 3 is 2.15 bits per heavy atom. The summed E-state index contributed by atoms with van der Waals surface area (Å²) in [5.74, 6) is 3.11. The number of carbonyl (C=O) groups is 1. The molecule has 3 nitrogen and oxygen atoms in total. The van der Waals surface area contributed by atoms with Crippen LogP contribution < -0.4 is 9.47 Å². The lowest BCUT2D eigenvalue weighted by Gasteiger charge is -2.09. The predicted molar refractivity (Wildman–Crippen MR) is 110 cm³/mol. The van der Waals surface area contributed by atoms with Gasteiger partial charge in [0.2, 0.25) is 0 Å². The van der Waals surface area contributed by atoms with Crippen molar-refractivity contribution in [2.24, 2.45) is 0 Å². The first-order chi connectivity index (χ1) is 13.3. The lowest BCUT2D eigenvalue weighted by Crippen LogP contribution is -1.97. The van der Waals surface area contributed by atoms with E-state index in [1.165, 1.54) is 0 Å². The van der Waals surface area contributed by atoms with Crippen molar-refractivity contribution in [1.29, 1.82) is 0 Å².